The van der Waals surface area contributed by atoms with Gasteiger partial charge in [0.05, 0.1) is 5.56 Å². The molecule has 1 heterocycles. The SMILES string of the molecule is C[C@H](CNC(=O)c1ccc(F)cc1F)N1CCN(C)CC1. The number of amides is 1. The summed E-state index contributed by atoms with van der Waals surface area (Å²) in [6.07, 6.45) is 0. The molecule has 1 saturated heterocycles. The van der Waals surface area contributed by atoms with Crippen LogP contribution in [0.2, 0.25) is 0 Å². The molecule has 0 bridgehead atoms. The quantitative estimate of drug-likeness (QED) is 0.911. The van der Waals surface area contributed by atoms with Gasteiger partial charge in [-0.3, -0.25) is 9.69 Å². The van der Waals surface area contributed by atoms with Crippen molar-refractivity contribution in [2.24, 2.45) is 0 Å². The van der Waals surface area contributed by atoms with Crippen molar-refractivity contribution in [3.63, 3.8) is 0 Å². The Hall–Kier alpha value is -1.53. The van der Waals surface area contributed by atoms with Gasteiger partial charge in [-0.15, -0.1) is 0 Å². The number of hydrogen-bond acceptors (Lipinski definition) is 3. The van der Waals surface area contributed by atoms with Crippen LogP contribution in [0.5, 0.6) is 0 Å². The number of benzene rings is 1. The van der Waals surface area contributed by atoms with Crippen molar-refractivity contribution in [2.45, 2.75) is 13.0 Å². The minimum Gasteiger partial charge on any atom is -0.350 e. The predicted molar refractivity (Wildman–Crippen MR) is 77.2 cm³/mol. The van der Waals surface area contributed by atoms with E-state index in [1.165, 1.54) is 6.07 Å². The molecule has 6 heteroatoms. The fourth-order valence-electron chi connectivity index (χ4n) is 2.40. The molecule has 2 rings (SSSR count). The van der Waals surface area contributed by atoms with Gasteiger partial charge in [0.2, 0.25) is 0 Å². The monoisotopic (exact) mass is 297 g/mol. The van der Waals surface area contributed by atoms with Crippen LogP contribution in [-0.2, 0) is 0 Å². The molecular formula is C15H21F2N3O. The average molecular weight is 297 g/mol. The highest BCUT2D eigenvalue weighted by molar-refractivity contribution is 5.94. The van der Waals surface area contributed by atoms with E-state index in [0.29, 0.717) is 6.54 Å². The topological polar surface area (TPSA) is 35.6 Å². The van der Waals surface area contributed by atoms with Crippen molar-refractivity contribution in [3.8, 4) is 0 Å². The maximum atomic E-state index is 13.5. The maximum Gasteiger partial charge on any atom is 0.254 e. The fourth-order valence-corrected chi connectivity index (χ4v) is 2.40. The molecule has 1 amide bonds. The average Bonchev–Trinajstić information content (AvgIpc) is 2.45. The molecule has 0 unspecified atom stereocenters. The number of carbonyl (C=O) groups is 1. The summed E-state index contributed by atoms with van der Waals surface area (Å²) < 4.78 is 26.3. The van der Waals surface area contributed by atoms with Crippen LogP contribution in [0.15, 0.2) is 18.2 Å². The Labute approximate surface area is 123 Å². The van der Waals surface area contributed by atoms with Crippen molar-refractivity contribution < 1.29 is 13.6 Å². The summed E-state index contributed by atoms with van der Waals surface area (Å²) in [7, 11) is 2.08. The number of hydrogen-bond donors (Lipinski definition) is 1. The number of carbonyl (C=O) groups excluding carboxylic acids is 1. The van der Waals surface area contributed by atoms with E-state index in [-0.39, 0.29) is 11.6 Å². The Morgan fingerprint density at radius 2 is 1.95 bits per heavy atom. The summed E-state index contributed by atoms with van der Waals surface area (Å²) in [5, 5.41) is 2.71. The van der Waals surface area contributed by atoms with Gasteiger partial charge in [-0.25, -0.2) is 8.78 Å². The first-order valence-electron chi connectivity index (χ1n) is 7.13. The lowest BCUT2D eigenvalue weighted by Crippen LogP contribution is -2.51. The summed E-state index contributed by atoms with van der Waals surface area (Å²) in [6.45, 7) is 6.40. The molecule has 4 nitrogen and oxygen atoms in total. The van der Waals surface area contributed by atoms with E-state index < -0.39 is 17.5 Å². The second kappa shape index (κ2) is 6.95. The Balaban J connectivity index is 1.86. The van der Waals surface area contributed by atoms with E-state index in [0.717, 1.165) is 38.3 Å². The summed E-state index contributed by atoms with van der Waals surface area (Å²) in [4.78, 5) is 16.5. The standard InChI is InChI=1S/C15H21F2N3O/c1-11(20-7-5-19(2)6-8-20)10-18-15(21)13-4-3-12(16)9-14(13)17/h3-4,9,11H,5-8,10H2,1-2H3,(H,18,21)/t11-/m1/s1. The number of piperazine rings is 1. The molecule has 1 atom stereocenters. The lowest BCUT2D eigenvalue weighted by atomic mass is 10.2. The van der Waals surface area contributed by atoms with E-state index in [1.54, 1.807) is 0 Å². The van der Waals surface area contributed by atoms with E-state index in [4.69, 9.17) is 0 Å². The minimum absolute atomic E-state index is 0.123. The van der Waals surface area contributed by atoms with Gasteiger partial charge in [-0.2, -0.15) is 0 Å². The second-order valence-corrected chi connectivity index (χ2v) is 5.52. The summed E-state index contributed by atoms with van der Waals surface area (Å²) >= 11 is 0. The van der Waals surface area contributed by atoms with Gasteiger partial charge in [0.15, 0.2) is 0 Å². The van der Waals surface area contributed by atoms with Crippen molar-refractivity contribution in [1.82, 2.24) is 15.1 Å². The number of nitrogens with one attached hydrogen (secondary N) is 1. The van der Waals surface area contributed by atoms with E-state index >= 15 is 0 Å². The molecule has 0 radical (unpaired) electrons. The molecule has 1 aliphatic heterocycles. The number of nitrogens with zero attached hydrogens (tertiary/aromatic N) is 2. The highest BCUT2D eigenvalue weighted by Crippen LogP contribution is 2.10. The molecular weight excluding hydrogens is 276 g/mol. The molecule has 0 saturated carbocycles. The van der Waals surface area contributed by atoms with Crippen LogP contribution in [0.1, 0.15) is 17.3 Å². The number of halogens is 2. The molecule has 116 valence electrons. The third-order valence-corrected chi connectivity index (χ3v) is 3.90. The molecule has 21 heavy (non-hydrogen) atoms. The third kappa shape index (κ3) is 4.22. The first kappa shape index (κ1) is 15.9. The van der Waals surface area contributed by atoms with Gasteiger partial charge in [0, 0.05) is 44.8 Å². The first-order chi connectivity index (χ1) is 9.97. The van der Waals surface area contributed by atoms with Crippen molar-refractivity contribution in [3.05, 3.63) is 35.4 Å². The zero-order valence-corrected chi connectivity index (χ0v) is 12.4. The van der Waals surface area contributed by atoms with Gasteiger partial charge < -0.3 is 10.2 Å². The summed E-state index contributed by atoms with van der Waals surface area (Å²) in [5.41, 5.74) is -0.123. The minimum atomic E-state index is -0.834. The summed E-state index contributed by atoms with van der Waals surface area (Å²) in [6, 6.07) is 3.16. The Morgan fingerprint density at radius 3 is 2.57 bits per heavy atom. The molecule has 1 aliphatic rings. The van der Waals surface area contributed by atoms with Crippen LogP contribution in [0.25, 0.3) is 0 Å². The maximum absolute atomic E-state index is 13.5. The van der Waals surface area contributed by atoms with Crippen molar-refractivity contribution >= 4 is 5.91 Å². The van der Waals surface area contributed by atoms with Crippen molar-refractivity contribution in [2.75, 3.05) is 39.8 Å². The van der Waals surface area contributed by atoms with Gasteiger partial charge in [0.1, 0.15) is 11.6 Å². The van der Waals surface area contributed by atoms with E-state index in [2.05, 4.69) is 22.2 Å². The van der Waals surface area contributed by atoms with Gasteiger partial charge >= 0.3 is 0 Å². The second-order valence-electron chi connectivity index (χ2n) is 5.52. The first-order valence-corrected chi connectivity index (χ1v) is 7.13. The van der Waals surface area contributed by atoms with Crippen LogP contribution in [-0.4, -0.2) is 61.5 Å². The van der Waals surface area contributed by atoms with Crippen LogP contribution in [0, 0.1) is 11.6 Å². The van der Waals surface area contributed by atoms with E-state index in [9.17, 15) is 13.6 Å². The fraction of sp³-hybridized carbons (Fsp3) is 0.533. The highest BCUT2D eigenvalue weighted by atomic mass is 19.1. The Bertz CT molecular complexity index is 502. The van der Waals surface area contributed by atoms with Crippen LogP contribution < -0.4 is 5.32 Å². The zero-order chi connectivity index (χ0) is 15.4. The predicted octanol–water partition coefficient (Wildman–Crippen LogP) is 1.33. The van der Waals surface area contributed by atoms with Crippen molar-refractivity contribution in [1.29, 1.82) is 0 Å². The molecule has 1 aromatic carbocycles. The number of likely N-dealkylation sites (N-methyl/N-ethyl adjacent to an activating group) is 1. The third-order valence-electron chi connectivity index (χ3n) is 3.90. The molecule has 0 aliphatic carbocycles. The smallest absolute Gasteiger partial charge is 0.254 e. The van der Waals surface area contributed by atoms with Gasteiger partial charge in [-0.05, 0) is 26.1 Å². The normalized spacial score (nSPS) is 18.5. The largest absolute Gasteiger partial charge is 0.350 e. The van der Waals surface area contributed by atoms with E-state index in [1.807, 2.05) is 6.92 Å². The molecule has 0 spiro atoms. The molecule has 0 aromatic heterocycles. The number of rotatable bonds is 4. The Kier molecular flexibility index (Phi) is 5.25. The molecule has 1 fully saturated rings. The molecule has 1 aromatic rings. The lowest BCUT2D eigenvalue weighted by molar-refractivity contribution is 0.0900. The zero-order valence-electron chi connectivity index (χ0n) is 12.4. The molecule has 1 N–H and O–H groups in total. The van der Waals surface area contributed by atoms with Crippen LogP contribution >= 0.6 is 0 Å². The summed E-state index contributed by atoms with van der Waals surface area (Å²) in [5.74, 6) is -2.02. The van der Waals surface area contributed by atoms with Crippen LogP contribution in [0.3, 0.4) is 0 Å². The Morgan fingerprint density at radius 1 is 1.29 bits per heavy atom. The highest BCUT2D eigenvalue weighted by Gasteiger charge is 2.20. The van der Waals surface area contributed by atoms with Gasteiger partial charge in [-0.1, -0.05) is 0 Å². The van der Waals surface area contributed by atoms with Crippen LogP contribution in [0.4, 0.5) is 8.78 Å². The van der Waals surface area contributed by atoms with Gasteiger partial charge in [0.25, 0.3) is 5.91 Å². The lowest BCUT2D eigenvalue weighted by Gasteiger charge is -2.36.